The molecule has 5 aliphatic rings. The molecule has 1 aromatic heterocycles. The summed E-state index contributed by atoms with van der Waals surface area (Å²) in [6, 6.07) is 0. The summed E-state index contributed by atoms with van der Waals surface area (Å²) in [4.78, 5) is 18.8. The van der Waals surface area contributed by atoms with Crippen molar-refractivity contribution >= 4 is 22.4 Å². The van der Waals surface area contributed by atoms with Crippen LogP contribution in [-0.2, 0) is 17.6 Å². The lowest BCUT2D eigenvalue weighted by molar-refractivity contribution is -0.167. The van der Waals surface area contributed by atoms with Gasteiger partial charge in [-0.1, -0.05) is 6.42 Å². The van der Waals surface area contributed by atoms with Gasteiger partial charge in [0.05, 0.1) is 11.3 Å². The Morgan fingerprint density at radius 3 is 2.68 bits per heavy atom. The molecule has 4 fully saturated rings. The Hall–Kier alpha value is -0.940. The number of fused-ring (bicyclic) bond motifs is 1. The van der Waals surface area contributed by atoms with Gasteiger partial charge in [0.15, 0.2) is 5.13 Å². The molecule has 0 spiro atoms. The highest BCUT2D eigenvalue weighted by Gasteiger charge is 2.57. The number of rotatable bonds is 3. The summed E-state index contributed by atoms with van der Waals surface area (Å²) in [6.07, 6.45) is 12.8. The number of aliphatic hydroxyl groups is 1. The lowest BCUT2D eigenvalue weighted by Gasteiger charge is -2.60. The van der Waals surface area contributed by atoms with Crippen LogP contribution in [0.15, 0.2) is 0 Å². The van der Waals surface area contributed by atoms with Gasteiger partial charge >= 0.3 is 0 Å². The molecule has 6 rings (SSSR count). The predicted molar refractivity (Wildman–Crippen MR) is 98.7 cm³/mol. The van der Waals surface area contributed by atoms with Gasteiger partial charge in [0.25, 0.3) is 0 Å². The first-order valence-corrected chi connectivity index (χ1v) is 10.8. The molecular formula is C20H28N2O2S. The molecule has 2 unspecified atom stereocenters. The van der Waals surface area contributed by atoms with Gasteiger partial charge in [-0.3, -0.25) is 4.79 Å². The first-order chi connectivity index (χ1) is 12.0. The summed E-state index contributed by atoms with van der Waals surface area (Å²) in [5, 5.41) is 14.8. The summed E-state index contributed by atoms with van der Waals surface area (Å²) in [7, 11) is 0. The molecule has 4 nitrogen and oxygen atoms in total. The van der Waals surface area contributed by atoms with E-state index in [0.717, 1.165) is 50.1 Å². The molecule has 0 aliphatic heterocycles. The van der Waals surface area contributed by atoms with E-state index in [2.05, 4.69) is 5.32 Å². The Balaban J connectivity index is 1.28. The maximum atomic E-state index is 12.8. The third kappa shape index (κ3) is 3.03. The minimum absolute atomic E-state index is 0.0390. The van der Waals surface area contributed by atoms with Crippen LogP contribution < -0.4 is 5.32 Å². The maximum absolute atomic E-state index is 12.8. The van der Waals surface area contributed by atoms with E-state index in [4.69, 9.17) is 4.98 Å². The number of nitrogens with zero attached hydrogens (tertiary/aromatic N) is 1. The summed E-state index contributed by atoms with van der Waals surface area (Å²) >= 11 is 1.68. The van der Waals surface area contributed by atoms with E-state index >= 15 is 0 Å². The van der Waals surface area contributed by atoms with Crippen molar-refractivity contribution in [3.8, 4) is 0 Å². The van der Waals surface area contributed by atoms with Crippen LogP contribution >= 0.6 is 11.3 Å². The minimum atomic E-state index is -0.483. The molecule has 4 bridgehead atoms. The molecule has 0 saturated heterocycles. The lowest BCUT2D eigenvalue weighted by Crippen LogP contribution is -2.56. The van der Waals surface area contributed by atoms with Gasteiger partial charge in [0.2, 0.25) is 5.91 Å². The fourth-order valence-corrected chi connectivity index (χ4v) is 7.76. The first kappa shape index (κ1) is 16.2. The topological polar surface area (TPSA) is 62.2 Å². The number of anilines is 1. The molecule has 136 valence electrons. The van der Waals surface area contributed by atoms with Crippen LogP contribution in [0.2, 0.25) is 0 Å². The summed E-state index contributed by atoms with van der Waals surface area (Å²) < 4.78 is 0. The van der Waals surface area contributed by atoms with E-state index in [-0.39, 0.29) is 11.3 Å². The van der Waals surface area contributed by atoms with E-state index < -0.39 is 5.60 Å². The highest BCUT2D eigenvalue weighted by atomic mass is 32.1. The van der Waals surface area contributed by atoms with E-state index in [1.807, 2.05) is 0 Å². The van der Waals surface area contributed by atoms with Crippen molar-refractivity contribution in [1.29, 1.82) is 0 Å². The third-order valence-corrected chi connectivity index (χ3v) is 8.10. The second-order valence-corrected chi connectivity index (χ2v) is 10.4. The largest absolute Gasteiger partial charge is 0.390 e. The van der Waals surface area contributed by atoms with Crippen molar-refractivity contribution in [2.75, 3.05) is 5.32 Å². The summed E-state index contributed by atoms with van der Waals surface area (Å²) in [5.74, 6) is 1.37. The van der Waals surface area contributed by atoms with E-state index in [0.29, 0.717) is 18.3 Å². The molecule has 1 amide bonds. The molecule has 5 aliphatic carbocycles. The number of aryl methyl sites for hydroxylation is 2. The van der Waals surface area contributed by atoms with Crippen LogP contribution in [0, 0.1) is 17.3 Å². The Morgan fingerprint density at radius 2 is 1.92 bits per heavy atom. The van der Waals surface area contributed by atoms with Crippen LogP contribution in [0.25, 0.3) is 0 Å². The van der Waals surface area contributed by atoms with Crippen LogP contribution in [0.3, 0.4) is 0 Å². The number of hydrogen-bond acceptors (Lipinski definition) is 4. The Morgan fingerprint density at radius 1 is 1.16 bits per heavy atom. The van der Waals surface area contributed by atoms with Crippen LogP contribution in [0.4, 0.5) is 5.13 Å². The Bertz CT molecular complexity index is 660. The Kier molecular flexibility index (Phi) is 3.76. The summed E-state index contributed by atoms with van der Waals surface area (Å²) in [6.45, 7) is 0. The number of hydrogen-bond donors (Lipinski definition) is 2. The molecule has 0 aromatic carbocycles. The molecule has 2 atom stereocenters. The van der Waals surface area contributed by atoms with Gasteiger partial charge in [-0.15, -0.1) is 11.3 Å². The molecule has 2 N–H and O–H groups in total. The van der Waals surface area contributed by atoms with Crippen molar-refractivity contribution in [3.63, 3.8) is 0 Å². The van der Waals surface area contributed by atoms with Crippen LogP contribution in [0.1, 0.15) is 74.8 Å². The first-order valence-electron chi connectivity index (χ1n) is 10.0. The van der Waals surface area contributed by atoms with E-state index in [9.17, 15) is 9.90 Å². The number of thiazole rings is 1. The van der Waals surface area contributed by atoms with Gasteiger partial charge in [0, 0.05) is 11.3 Å². The van der Waals surface area contributed by atoms with E-state index in [1.54, 1.807) is 11.3 Å². The zero-order valence-corrected chi connectivity index (χ0v) is 15.7. The van der Waals surface area contributed by atoms with Crippen molar-refractivity contribution in [2.45, 2.75) is 82.7 Å². The van der Waals surface area contributed by atoms with Gasteiger partial charge in [-0.2, -0.15) is 0 Å². The van der Waals surface area contributed by atoms with Gasteiger partial charge in [-0.05, 0) is 81.5 Å². The molecular weight excluding hydrogens is 332 g/mol. The molecule has 4 saturated carbocycles. The molecule has 1 heterocycles. The number of carbonyl (C=O) groups excluding carboxylic acids is 1. The molecule has 25 heavy (non-hydrogen) atoms. The molecule has 0 radical (unpaired) electrons. The second kappa shape index (κ2) is 5.78. The number of amides is 1. The quantitative estimate of drug-likeness (QED) is 0.799. The fourth-order valence-electron chi connectivity index (χ4n) is 6.70. The second-order valence-electron chi connectivity index (χ2n) is 9.36. The average Bonchev–Trinajstić information content (AvgIpc) is 2.72. The zero-order chi connectivity index (χ0) is 17.1. The van der Waals surface area contributed by atoms with Crippen molar-refractivity contribution in [3.05, 3.63) is 10.6 Å². The normalized spacial score (nSPS) is 39.1. The number of nitrogens with one attached hydrogen (secondary N) is 1. The average molecular weight is 361 g/mol. The Labute approximate surface area is 153 Å². The van der Waals surface area contributed by atoms with Crippen LogP contribution in [0.5, 0.6) is 0 Å². The molecule has 5 heteroatoms. The van der Waals surface area contributed by atoms with Crippen LogP contribution in [-0.4, -0.2) is 21.6 Å². The SMILES string of the molecule is O=C(CC12CC3CC(CC(O)(C3)C1)C2)Nc1nc2c(s1)CCCCC2. The highest BCUT2D eigenvalue weighted by molar-refractivity contribution is 7.15. The van der Waals surface area contributed by atoms with Crippen molar-refractivity contribution < 1.29 is 9.90 Å². The predicted octanol–water partition coefficient (Wildman–Crippen LogP) is 4.07. The smallest absolute Gasteiger partial charge is 0.226 e. The maximum Gasteiger partial charge on any atom is 0.226 e. The van der Waals surface area contributed by atoms with Crippen molar-refractivity contribution in [1.82, 2.24) is 4.98 Å². The standard InChI is InChI=1S/C20H28N2O2S/c23-17(22-18-21-15-4-2-1-3-5-16(15)25-18)11-19-7-13-6-14(8-19)10-20(24,9-13)12-19/h13-14,24H,1-12H2,(H,21,22,23). The van der Waals surface area contributed by atoms with Crippen molar-refractivity contribution in [2.24, 2.45) is 17.3 Å². The van der Waals surface area contributed by atoms with Gasteiger partial charge in [-0.25, -0.2) is 4.98 Å². The number of aromatic nitrogens is 1. The molecule has 1 aromatic rings. The van der Waals surface area contributed by atoms with E-state index in [1.165, 1.54) is 36.3 Å². The monoisotopic (exact) mass is 360 g/mol. The highest BCUT2D eigenvalue weighted by Crippen LogP contribution is 2.62. The number of carbonyl (C=O) groups is 1. The van der Waals surface area contributed by atoms with Gasteiger partial charge < -0.3 is 10.4 Å². The fraction of sp³-hybridized carbons (Fsp3) is 0.800. The van der Waals surface area contributed by atoms with Gasteiger partial charge in [0.1, 0.15) is 0 Å². The zero-order valence-electron chi connectivity index (χ0n) is 14.9. The third-order valence-electron chi connectivity index (χ3n) is 7.03. The summed E-state index contributed by atoms with van der Waals surface area (Å²) in [5.41, 5.74) is 0.766. The lowest BCUT2D eigenvalue weighted by atomic mass is 9.47. The minimum Gasteiger partial charge on any atom is -0.390 e.